The van der Waals surface area contributed by atoms with E-state index in [0.29, 0.717) is 5.89 Å². The molecule has 0 bridgehead atoms. The van der Waals surface area contributed by atoms with Gasteiger partial charge in [0.05, 0.1) is 12.1 Å². The summed E-state index contributed by atoms with van der Waals surface area (Å²) in [7, 11) is 0. The Hall–Kier alpha value is -1.41. The van der Waals surface area contributed by atoms with Crippen molar-refractivity contribution in [3.05, 3.63) is 11.7 Å². The van der Waals surface area contributed by atoms with E-state index in [1.807, 2.05) is 0 Å². The first-order valence-electron chi connectivity index (χ1n) is 7.83. The molecule has 108 valence electrons. The Kier molecular flexibility index (Phi) is 4.02. The average Bonchev–Trinajstić information content (AvgIpc) is 2.85. The highest BCUT2D eigenvalue weighted by Crippen LogP contribution is 2.38. The van der Waals surface area contributed by atoms with Crippen LogP contribution < -0.4 is 5.32 Å². The van der Waals surface area contributed by atoms with Crippen molar-refractivity contribution in [2.24, 2.45) is 0 Å². The van der Waals surface area contributed by atoms with Crippen LogP contribution in [-0.4, -0.2) is 16.7 Å². The molecule has 1 N–H and O–H groups in total. The average molecular weight is 274 g/mol. The zero-order valence-corrected chi connectivity index (χ0v) is 11.9. The largest absolute Gasteiger partial charge is 0.338 e. The highest BCUT2D eigenvalue weighted by molar-refractivity contribution is 5.19. The Bertz CT molecular complexity index is 476. The van der Waals surface area contributed by atoms with Crippen molar-refractivity contribution in [3.63, 3.8) is 0 Å². The molecular formula is C15H22N4O. The molecular weight excluding hydrogens is 252 g/mol. The molecule has 0 amide bonds. The molecule has 3 rings (SSSR count). The molecule has 5 nitrogen and oxygen atoms in total. The van der Waals surface area contributed by atoms with Gasteiger partial charge >= 0.3 is 0 Å². The third-order valence-electron chi connectivity index (χ3n) is 4.64. The molecule has 1 unspecified atom stereocenters. The van der Waals surface area contributed by atoms with Crippen LogP contribution in [0.2, 0.25) is 0 Å². The number of nitriles is 1. The lowest BCUT2D eigenvalue weighted by Crippen LogP contribution is -2.28. The summed E-state index contributed by atoms with van der Waals surface area (Å²) in [6.45, 7) is 1.01. The highest BCUT2D eigenvalue weighted by Gasteiger charge is 2.40. The third kappa shape index (κ3) is 2.57. The monoisotopic (exact) mass is 274 g/mol. The van der Waals surface area contributed by atoms with Crippen molar-refractivity contribution in [1.29, 1.82) is 5.26 Å². The number of aromatic nitrogens is 2. The second-order valence-electron chi connectivity index (χ2n) is 6.07. The van der Waals surface area contributed by atoms with Gasteiger partial charge in [-0.05, 0) is 32.2 Å². The summed E-state index contributed by atoms with van der Waals surface area (Å²) in [5.74, 6) is 1.28. The number of hydrogen-bond donors (Lipinski definition) is 1. The molecule has 2 aliphatic rings. The van der Waals surface area contributed by atoms with Crippen molar-refractivity contribution in [2.75, 3.05) is 6.54 Å². The van der Waals surface area contributed by atoms with Crippen LogP contribution in [0.5, 0.6) is 0 Å². The number of nitrogens with zero attached hydrogens (tertiary/aromatic N) is 3. The number of hydrogen-bond acceptors (Lipinski definition) is 5. The fraction of sp³-hybridized carbons (Fsp3) is 0.800. The molecule has 1 aliphatic carbocycles. The summed E-state index contributed by atoms with van der Waals surface area (Å²) in [4.78, 5) is 4.58. The van der Waals surface area contributed by atoms with Gasteiger partial charge in [0.2, 0.25) is 5.89 Å². The van der Waals surface area contributed by atoms with Gasteiger partial charge < -0.3 is 9.84 Å². The van der Waals surface area contributed by atoms with E-state index in [0.717, 1.165) is 44.5 Å². The number of rotatable bonds is 2. The summed E-state index contributed by atoms with van der Waals surface area (Å²) in [5.41, 5.74) is -0.534. The summed E-state index contributed by atoms with van der Waals surface area (Å²) >= 11 is 0. The van der Waals surface area contributed by atoms with Crippen LogP contribution in [0, 0.1) is 11.3 Å². The summed E-state index contributed by atoms with van der Waals surface area (Å²) in [6, 6.07) is 2.63. The van der Waals surface area contributed by atoms with Crippen LogP contribution in [-0.2, 0) is 5.41 Å². The predicted octanol–water partition coefficient (Wildman–Crippen LogP) is 3.00. The molecule has 1 aliphatic heterocycles. The quantitative estimate of drug-likeness (QED) is 0.897. The molecule has 1 aromatic rings. The maximum absolute atomic E-state index is 9.57. The maximum atomic E-state index is 9.57. The summed E-state index contributed by atoms with van der Waals surface area (Å²) in [6.07, 6.45) is 9.78. The van der Waals surface area contributed by atoms with Crippen LogP contribution in [0.1, 0.15) is 75.5 Å². The first-order valence-corrected chi connectivity index (χ1v) is 7.83. The van der Waals surface area contributed by atoms with Gasteiger partial charge in [0.15, 0.2) is 5.82 Å². The van der Waals surface area contributed by atoms with Crippen molar-refractivity contribution in [2.45, 2.75) is 69.2 Å². The maximum Gasteiger partial charge on any atom is 0.247 e. The van der Waals surface area contributed by atoms with Gasteiger partial charge in [0.1, 0.15) is 5.41 Å². The van der Waals surface area contributed by atoms with Gasteiger partial charge in [-0.15, -0.1) is 0 Å². The van der Waals surface area contributed by atoms with E-state index >= 15 is 0 Å². The Morgan fingerprint density at radius 2 is 1.95 bits per heavy atom. The normalized spacial score (nSPS) is 26.6. The van der Waals surface area contributed by atoms with Crippen LogP contribution in [0.15, 0.2) is 4.52 Å². The van der Waals surface area contributed by atoms with E-state index in [-0.39, 0.29) is 6.04 Å². The van der Waals surface area contributed by atoms with Crippen molar-refractivity contribution in [3.8, 4) is 6.07 Å². The number of nitrogens with one attached hydrogen (secondary N) is 1. The van der Waals surface area contributed by atoms with E-state index in [2.05, 4.69) is 21.5 Å². The molecule has 2 fully saturated rings. The van der Waals surface area contributed by atoms with Crippen LogP contribution >= 0.6 is 0 Å². The van der Waals surface area contributed by atoms with E-state index in [1.165, 1.54) is 25.7 Å². The Morgan fingerprint density at radius 1 is 1.15 bits per heavy atom. The first-order chi connectivity index (χ1) is 9.84. The lowest BCUT2D eigenvalue weighted by Gasteiger charge is -2.26. The lowest BCUT2D eigenvalue weighted by molar-refractivity contribution is 0.263. The van der Waals surface area contributed by atoms with Crippen LogP contribution in [0.3, 0.4) is 0 Å². The first kappa shape index (κ1) is 13.6. The van der Waals surface area contributed by atoms with Gasteiger partial charge in [-0.3, -0.25) is 0 Å². The van der Waals surface area contributed by atoms with Crippen molar-refractivity contribution in [1.82, 2.24) is 15.5 Å². The standard InChI is InChI=1S/C15H22N4O/c16-11-15(8-4-2-5-9-15)14-18-13(19-20-14)12-7-3-1-6-10-17-12/h12,17H,1-10H2. The van der Waals surface area contributed by atoms with Gasteiger partial charge in [-0.2, -0.15) is 10.2 Å². The zero-order chi connectivity index (χ0) is 13.8. The molecule has 1 aromatic heterocycles. The predicted molar refractivity (Wildman–Crippen MR) is 73.9 cm³/mol. The summed E-state index contributed by atoms with van der Waals surface area (Å²) in [5, 5.41) is 17.2. The molecule has 2 heterocycles. The van der Waals surface area contributed by atoms with Crippen LogP contribution in [0.25, 0.3) is 0 Å². The van der Waals surface area contributed by atoms with Gasteiger partial charge in [0, 0.05) is 0 Å². The molecule has 5 heteroatoms. The van der Waals surface area contributed by atoms with Crippen LogP contribution in [0.4, 0.5) is 0 Å². The van der Waals surface area contributed by atoms with Crippen molar-refractivity contribution < 1.29 is 4.52 Å². The molecule has 1 atom stereocenters. The topological polar surface area (TPSA) is 74.7 Å². The van der Waals surface area contributed by atoms with Crippen molar-refractivity contribution >= 4 is 0 Å². The molecule has 20 heavy (non-hydrogen) atoms. The smallest absolute Gasteiger partial charge is 0.247 e. The Morgan fingerprint density at radius 3 is 2.75 bits per heavy atom. The molecule has 0 spiro atoms. The minimum atomic E-state index is -0.534. The van der Waals surface area contributed by atoms with Gasteiger partial charge in [-0.25, -0.2) is 0 Å². The molecule has 1 saturated heterocycles. The molecule has 0 radical (unpaired) electrons. The minimum Gasteiger partial charge on any atom is -0.338 e. The zero-order valence-electron chi connectivity index (χ0n) is 11.9. The highest BCUT2D eigenvalue weighted by atomic mass is 16.5. The lowest BCUT2D eigenvalue weighted by atomic mass is 9.75. The Labute approximate surface area is 119 Å². The van der Waals surface area contributed by atoms with Gasteiger partial charge in [-0.1, -0.05) is 37.3 Å². The summed E-state index contributed by atoms with van der Waals surface area (Å²) < 4.78 is 5.47. The Balaban J connectivity index is 1.80. The molecule has 0 aromatic carbocycles. The van der Waals surface area contributed by atoms with E-state index in [4.69, 9.17) is 4.52 Å². The second-order valence-corrected chi connectivity index (χ2v) is 6.07. The molecule has 1 saturated carbocycles. The minimum absolute atomic E-state index is 0.189. The second kappa shape index (κ2) is 5.92. The van der Waals surface area contributed by atoms with Gasteiger partial charge in [0.25, 0.3) is 0 Å². The van der Waals surface area contributed by atoms with E-state index in [1.54, 1.807) is 0 Å². The SMILES string of the molecule is N#CC1(c2nc(C3CCCCCN3)no2)CCCCC1. The van der Waals surface area contributed by atoms with E-state index in [9.17, 15) is 5.26 Å². The fourth-order valence-corrected chi connectivity index (χ4v) is 3.35. The fourth-order valence-electron chi connectivity index (χ4n) is 3.35. The van der Waals surface area contributed by atoms with E-state index < -0.39 is 5.41 Å². The third-order valence-corrected chi connectivity index (χ3v) is 4.64.